The second-order valence-corrected chi connectivity index (χ2v) is 6.21. The van der Waals surface area contributed by atoms with Gasteiger partial charge < -0.3 is 15.4 Å². The molecule has 0 bridgehead atoms. The summed E-state index contributed by atoms with van der Waals surface area (Å²) in [6.45, 7) is 0.612. The molecule has 2 aromatic carbocycles. The molecule has 1 aliphatic rings. The SMILES string of the molecule is O=C(COc1ccccc1C(=O)Nc1ccccc1)NCC1CCC1. The quantitative estimate of drug-likeness (QED) is 0.814. The van der Waals surface area contributed by atoms with Gasteiger partial charge in [0.1, 0.15) is 5.75 Å². The van der Waals surface area contributed by atoms with E-state index in [4.69, 9.17) is 4.74 Å². The molecule has 0 unspecified atom stereocenters. The Morgan fingerprint density at radius 1 is 1.00 bits per heavy atom. The van der Waals surface area contributed by atoms with Crippen LogP contribution in [0.2, 0.25) is 0 Å². The van der Waals surface area contributed by atoms with Crippen molar-refractivity contribution in [1.82, 2.24) is 5.32 Å². The van der Waals surface area contributed by atoms with Gasteiger partial charge in [-0.05, 0) is 43.0 Å². The molecule has 0 saturated heterocycles. The summed E-state index contributed by atoms with van der Waals surface area (Å²) in [5, 5.41) is 5.70. The molecule has 0 heterocycles. The summed E-state index contributed by atoms with van der Waals surface area (Å²) >= 11 is 0. The predicted molar refractivity (Wildman–Crippen MR) is 96.7 cm³/mol. The van der Waals surface area contributed by atoms with Gasteiger partial charge >= 0.3 is 0 Å². The lowest BCUT2D eigenvalue weighted by Gasteiger charge is -2.25. The normalized spacial score (nSPS) is 13.6. The molecule has 3 rings (SSSR count). The van der Waals surface area contributed by atoms with Gasteiger partial charge in [0.2, 0.25) is 0 Å². The zero-order chi connectivity index (χ0) is 17.5. The first kappa shape index (κ1) is 17.0. The second-order valence-electron chi connectivity index (χ2n) is 6.21. The monoisotopic (exact) mass is 338 g/mol. The molecule has 2 N–H and O–H groups in total. The molecule has 0 atom stereocenters. The number of carbonyl (C=O) groups is 2. The third-order valence-corrected chi connectivity index (χ3v) is 4.33. The fraction of sp³-hybridized carbons (Fsp3) is 0.300. The van der Waals surface area contributed by atoms with Gasteiger partial charge in [-0.2, -0.15) is 0 Å². The van der Waals surface area contributed by atoms with Crippen LogP contribution in [0.3, 0.4) is 0 Å². The van der Waals surface area contributed by atoms with Crippen molar-refractivity contribution >= 4 is 17.5 Å². The Hall–Kier alpha value is -2.82. The lowest BCUT2D eigenvalue weighted by atomic mass is 9.85. The Morgan fingerprint density at radius 2 is 1.72 bits per heavy atom. The number of carbonyl (C=O) groups excluding carboxylic acids is 2. The third-order valence-electron chi connectivity index (χ3n) is 4.33. The van der Waals surface area contributed by atoms with Crippen LogP contribution in [0.25, 0.3) is 0 Å². The van der Waals surface area contributed by atoms with Crippen molar-refractivity contribution in [2.24, 2.45) is 5.92 Å². The Labute approximate surface area is 147 Å². The van der Waals surface area contributed by atoms with Crippen LogP contribution >= 0.6 is 0 Å². The lowest BCUT2D eigenvalue weighted by Crippen LogP contribution is -2.35. The third kappa shape index (κ3) is 4.83. The molecule has 0 spiro atoms. The van der Waals surface area contributed by atoms with E-state index in [-0.39, 0.29) is 18.4 Å². The van der Waals surface area contributed by atoms with E-state index < -0.39 is 0 Å². The molecule has 130 valence electrons. The van der Waals surface area contributed by atoms with Crippen molar-refractivity contribution in [3.63, 3.8) is 0 Å². The number of hydrogen-bond acceptors (Lipinski definition) is 3. The predicted octanol–water partition coefficient (Wildman–Crippen LogP) is 3.23. The first-order valence-corrected chi connectivity index (χ1v) is 8.57. The summed E-state index contributed by atoms with van der Waals surface area (Å²) in [6.07, 6.45) is 3.62. The number of benzene rings is 2. The molecule has 5 heteroatoms. The van der Waals surface area contributed by atoms with Gasteiger partial charge in [0, 0.05) is 12.2 Å². The molecular formula is C20H22N2O3. The highest BCUT2D eigenvalue weighted by atomic mass is 16.5. The van der Waals surface area contributed by atoms with Gasteiger partial charge in [-0.1, -0.05) is 36.8 Å². The summed E-state index contributed by atoms with van der Waals surface area (Å²) < 4.78 is 5.57. The summed E-state index contributed by atoms with van der Waals surface area (Å²) in [5.41, 5.74) is 1.11. The van der Waals surface area contributed by atoms with Gasteiger partial charge in [-0.3, -0.25) is 9.59 Å². The van der Waals surface area contributed by atoms with Gasteiger partial charge in [0.15, 0.2) is 6.61 Å². The number of nitrogens with one attached hydrogen (secondary N) is 2. The Balaban J connectivity index is 1.56. The number of rotatable bonds is 7. The van der Waals surface area contributed by atoms with Crippen molar-refractivity contribution in [3.05, 3.63) is 60.2 Å². The molecule has 1 saturated carbocycles. The standard InChI is InChI=1S/C20H22N2O3/c23-19(21-13-15-7-6-8-15)14-25-18-12-5-4-11-17(18)20(24)22-16-9-2-1-3-10-16/h1-5,9-12,15H,6-8,13-14H2,(H,21,23)(H,22,24). The van der Waals surface area contributed by atoms with E-state index in [0.29, 0.717) is 29.5 Å². The van der Waals surface area contributed by atoms with E-state index >= 15 is 0 Å². The molecule has 0 aliphatic heterocycles. The van der Waals surface area contributed by atoms with Crippen LogP contribution in [0.5, 0.6) is 5.75 Å². The second kappa shape index (κ2) is 8.33. The molecule has 1 aliphatic carbocycles. The molecule has 5 nitrogen and oxygen atoms in total. The first-order chi connectivity index (χ1) is 12.2. The average molecular weight is 338 g/mol. The van der Waals surface area contributed by atoms with Crippen LogP contribution < -0.4 is 15.4 Å². The zero-order valence-electron chi connectivity index (χ0n) is 14.0. The minimum atomic E-state index is -0.267. The van der Waals surface area contributed by atoms with E-state index in [2.05, 4.69) is 10.6 Å². The Kier molecular flexibility index (Phi) is 5.67. The topological polar surface area (TPSA) is 67.4 Å². The van der Waals surface area contributed by atoms with Crippen LogP contribution in [-0.4, -0.2) is 25.0 Å². The summed E-state index contributed by atoms with van der Waals surface area (Å²) in [6, 6.07) is 16.1. The highest BCUT2D eigenvalue weighted by Gasteiger charge is 2.18. The minimum Gasteiger partial charge on any atom is -0.483 e. The Bertz CT molecular complexity index is 727. The fourth-order valence-electron chi connectivity index (χ4n) is 2.65. The van der Waals surface area contributed by atoms with Gasteiger partial charge in [-0.25, -0.2) is 0 Å². The van der Waals surface area contributed by atoms with Crippen LogP contribution in [0.1, 0.15) is 29.6 Å². The maximum absolute atomic E-state index is 12.4. The van der Waals surface area contributed by atoms with Gasteiger partial charge in [-0.15, -0.1) is 0 Å². The number of para-hydroxylation sites is 2. The molecule has 2 aromatic rings. The van der Waals surface area contributed by atoms with Crippen LogP contribution in [0, 0.1) is 5.92 Å². The van der Waals surface area contributed by atoms with Gasteiger partial charge in [0.25, 0.3) is 11.8 Å². The van der Waals surface area contributed by atoms with E-state index in [0.717, 1.165) is 0 Å². The number of ether oxygens (including phenoxy) is 1. The van der Waals surface area contributed by atoms with Crippen LogP contribution in [-0.2, 0) is 4.79 Å². The lowest BCUT2D eigenvalue weighted by molar-refractivity contribution is -0.123. The maximum atomic E-state index is 12.4. The molecular weight excluding hydrogens is 316 g/mol. The van der Waals surface area contributed by atoms with Crippen molar-refractivity contribution in [2.45, 2.75) is 19.3 Å². The number of amides is 2. The molecule has 0 radical (unpaired) electrons. The van der Waals surface area contributed by atoms with E-state index in [1.165, 1.54) is 19.3 Å². The van der Waals surface area contributed by atoms with Crippen LogP contribution in [0.4, 0.5) is 5.69 Å². The highest BCUT2D eigenvalue weighted by molar-refractivity contribution is 6.06. The van der Waals surface area contributed by atoms with Crippen molar-refractivity contribution in [1.29, 1.82) is 0 Å². The van der Waals surface area contributed by atoms with E-state index in [1.54, 1.807) is 24.3 Å². The largest absolute Gasteiger partial charge is 0.483 e. The van der Waals surface area contributed by atoms with Gasteiger partial charge in [0.05, 0.1) is 5.56 Å². The molecule has 1 fully saturated rings. The number of hydrogen-bond donors (Lipinski definition) is 2. The molecule has 2 amide bonds. The smallest absolute Gasteiger partial charge is 0.259 e. The fourth-order valence-corrected chi connectivity index (χ4v) is 2.65. The van der Waals surface area contributed by atoms with Crippen LogP contribution in [0.15, 0.2) is 54.6 Å². The van der Waals surface area contributed by atoms with E-state index in [1.807, 2.05) is 30.3 Å². The summed E-state index contributed by atoms with van der Waals surface area (Å²) in [5.74, 6) is 0.574. The first-order valence-electron chi connectivity index (χ1n) is 8.57. The van der Waals surface area contributed by atoms with Crippen molar-refractivity contribution in [3.8, 4) is 5.75 Å². The van der Waals surface area contributed by atoms with E-state index in [9.17, 15) is 9.59 Å². The molecule has 0 aromatic heterocycles. The summed E-state index contributed by atoms with van der Waals surface area (Å²) in [7, 11) is 0. The minimum absolute atomic E-state index is 0.0949. The molecule has 25 heavy (non-hydrogen) atoms. The zero-order valence-corrected chi connectivity index (χ0v) is 14.0. The average Bonchev–Trinajstić information content (AvgIpc) is 2.59. The summed E-state index contributed by atoms with van der Waals surface area (Å²) in [4.78, 5) is 24.3. The highest BCUT2D eigenvalue weighted by Crippen LogP contribution is 2.25. The number of anilines is 1. The maximum Gasteiger partial charge on any atom is 0.259 e. The van der Waals surface area contributed by atoms with Crippen molar-refractivity contribution < 1.29 is 14.3 Å². The Morgan fingerprint density at radius 3 is 2.44 bits per heavy atom. The van der Waals surface area contributed by atoms with Crippen molar-refractivity contribution in [2.75, 3.05) is 18.5 Å².